The lowest BCUT2D eigenvalue weighted by Crippen LogP contribution is -2.33. The summed E-state index contributed by atoms with van der Waals surface area (Å²) in [4.78, 5) is 40.0. The van der Waals surface area contributed by atoms with E-state index in [1.165, 1.54) is 7.11 Å². The maximum Gasteiger partial charge on any atom is 0.340 e. The number of aliphatic hydroxyl groups excluding tert-OH is 1. The molecule has 0 aliphatic rings. The Hall–Kier alpha value is -3.13. The number of aromatic amines is 1. The number of methoxy groups -OCH3 is 1. The van der Waals surface area contributed by atoms with E-state index in [0.717, 1.165) is 0 Å². The van der Waals surface area contributed by atoms with Crippen LogP contribution in [0.4, 0.5) is 0 Å². The van der Waals surface area contributed by atoms with Crippen LogP contribution in [0.15, 0.2) is 24.3 Å². The number of H-pyrrole nitrogens is 1. The third-order valence-electron chi connectivity index (χ3n) is 3.88. The number of aromatic nitrogens is 1. The van der Waals surface area contributed by atoms with Crippen molar-refractivity contribution < 1.29 is 29.0 Å². The Morgan fingerprint density at radius 1 is 1.19 bits per heavy atom. The number of carbonyl (C=O) groups excluding carboxylic acids is 3. The van der Waals surface area contributed by atoms with Crippen LogP contribution in [0.2, 0.25) is 0 Å². The van der Waals surface area contributed by atoms with Crippen molar-refractivity contribution in [1.29, 1.82) is 0 Å². The van der Waals surface area contributed by atoms with Gasteiger partial charge in [-0.3, -0.25) is 9.59 Å². The molecule has 3 N–H and O–H groups in total. The van der Waals surface area contributed by atoms with Crippen molar-refractivity contribution in [2.24, 2.45) is 0 Å². The summed E-state index contributed by atoms with van der Waals surface area (Å²) in [5.41, 5.74) is 1.44. The molecule has 1 aromatic carbocycles. The molecule has 1 amide bonds. The summed E-state index contributed by atoms with van der Waals surface area (Å²) in [5.74, 6) is -1.70. The number of carbonyl (C=O) groups is 3. The van der Waals surface area contributed by atoms with Gasteiger partial charge in [0.25, 0.3) is 11.7 Å². The Balaban J connectivity index is 2.59. The summed E-state index contributed by atoms with van der Waals surface area (Å²) in [6.07, 6.45) is 0. The molecule has 0 aliphatic heterocycles. The van der Waals surface area contributed by atoms with Gasteiger partial charge in [-0.05, 0) is 31.5 Å². The molecule has 2 rings (SSSR count). The Morgan fingerprint density at radius 3 is 2.41 bits per heavy atom. The predicted octanol–water partition coefficient (Wildman–Crippen LogP) is 1.47. The first-order chi connectivity index (χ1) is 12.9. The second-order valence-corrected chi connectivity index (χ2v) is 5.63. The second-order valence-electron chi connectivity index (χ2n) is 5.63. The topological polar surface area (TPSA) is 118 Å². The van der Waals surface area contributed by atoms with Gasteiger partial charge in [0, 0.05) is 17.8 Å². The number of amides is 1. The molecule has 0 radical (unpaired) electrons. The summed E-state index contributed by atoms with van der Waals surface area (Å²) in [6.45, 7) is 3.14. The van der Waals surface area contributed by atoms with Gasteiger partial charge in [0.05, 0.1) is 25.9 Å². The van der Waals surface area contributed by atoms with Crippen LogP contribution in [0.3, 0.4) is 0 Å². The highest BCUT2D eigenvalue weighted by Crippen LogP contribution is 2.32. The molecular weight excluding hydrogens is 352 g/mol. The van der Waals surface area contributed by atoms with Gasteiger partial charge in [0.1, 0.15) is 11.4 Å². The standard InChI is InChI=1S/C19H22N2O6/c1-4-27-19(25)14-11(2)21-16(17(23)18(24)20-9-10-22)15(14)12-5-7-13(26-3)8-6-12/h5-8,21-22H,4,9-10H2,1-3H3,(H,20,24). The van der Waals surface area contributed by atoms with Crippen molar-refractivity contribution in [3.05, 3.63) is 41.2 Å². The number of ether oxygens (including phenoxy) is 2. The average Bonchev–Trinajstić information content (AvgIpc) is 3.02. The number of benzene rings is 1. The zero-order chi connectivity index (χ0) is 20.0. The van der Waals surface area contributed by atoms with Gasteiger partial charge in [-0.15, -0.1) is 0 Å². The van der Waals surface area contributed by atoms with E-state index in [0.29, 0.717) is 17.0 Å². The zero-order valence-corrected chi connectivity index (χ0v) is 15.4. The van der Waals surface area contributed by atoms with E-state index in [1.807, 2.05) is 0 Å². The smallest absolute Gasteiger partial charge is 0.340 e. The third kappa shape index (κ3) is 4.35. The second kappa shape index (κ2) is 9.00. The van der Waals surface area contributed by atoms with Crippen molar-refractivity contribution in [2.75, 3.05) is 26.9 Å². The summed E-state index contributed by atoms with van der Waals surface area (Å²) in [6, 6.07) is 6.75. The monoisotopic (exact) mass is 374 g/mol. The lowest BCUT2D eigenvalue weighted by atomic mass is 9.98. The van der Waals surface area contributed by atoms with Crippen LogP contribution in [0.5, 0.6) is 5.75 Å². The van der Waals surface area contributed by atoms with Crippen LogP contribution in [-0.4, -0.2) is 54.6 Å². The minimum absolute atomic E-state index is 0.0174. The minimum Gasteiger partial charge on any atom is -0.497 e. The highest BCUT2D eigenvalue weighted by molar-refractivity contribution is 6.43. The maximum absolute atomic E-state index is 12.6. The number of aliphatic hydroxyl groups is 1. The van der Waals surface area contributed by atoms with Gasteiger partial charge in [0.15, 0.2) is 0 Å². The fraction of sp³-hybridized carbons (Fsp3) is 0.316. The maximum atomic E-state index is 12.6. The fourth-order valence-corrected chi connectivity index (χ4v) is 2.66. The molecule has 1 heterocycles. The molecule has 8 nitrogen and oxygen atoms in total. The number of rotatable bonds is 8. The highest BCUT2D eigenvalue weighted by Gasteiger charge is 2.29. The summed E-state index contributed by atoms with van der Waals surface area (Å²) < 4.78 is 10.2. The SMILES string of the molecule is CCOC(=O)c1c(C)[nH]c(C(=O)C(=O)NCCO)c1-c1ccc(OC)cc1. The molecule has 0 aliphatic carbocycles. The van der Waals surface area contributed by atoms with E-state index in [-0.39, 0.29) is 36.6 Å². The van der Waals surface area contributed by atoms with Crippen LogP contribution in [-0.2, 0) is 9.53 Å². The van der Waals surface area contributed by atoms with E-state index in [2.05, 4.69) is 10.3 Å². The van der Waals surface area contributed by atoms with Gasteiger partial charge < -0.3 is 24.9 Å². The first-order valence-electron chi connectivity index (χ1n) is 8.42. The number of esters is 1. The van der Waals surface area contributed by atoms with E-state index in [1.54, 1.807) is 38.1 Å². The molecule has 27 heavy (non-hydrogen) atoms. The molecule has 0 bridgehead atoms. The number of Topliss-reactive ketones (excluding diaryl/α,β-unsaturated/α-hetero) is 1. The van der Waals surface area contributed by atoms with Crippen molar-refractivity contribution in [2.45, 2.75) is 13.8 Å². The minimum atomic E-state index is -0.879. The van der Waals surface area contributed by atoms with Crippen LogP contribution in [0.1, 0.15) is 33.5 Å². The van der Waals surface area contributed by atoms with Crippen LogP contribution in [0, 0.1) is 6.92 Å². The average molecular weight is 374 g/mol. The Labute approximate surface area is 156 Å². The molecule has 2 aromatic rings. The molecule has 0 atom stereocenters. The molecule has 0 unspecified atom stereocenters. The van der Waals surface area contributed by atoms with Gasteiger partial charge in [0.2, 0.25) is 0 Å². The van der Waals surface area contributed by atoms with Gasteiger partial charge in [-0.25, -0.2) is 4.79 Å². The molecule has 0 saturated carbocycles. The number of nitrogens with one attached hydrogen (secondary N) is 2. The van der Waals surface area contributed by atoms with Crippen molar-refractivity contribution >= 4 is 17.7 Å². The highest BCUT2D eigenvalue weighted by atomic mass is 16.5. The third-order valence-corrected chi connectivity index (χ3v) is 3.88. The van der Waals surface area contributed by atoms with E-state index >= 15 is 0 Å². The van der Waals surface area contributed by atoms with Crippen LogP contribution < -0.4 is 10.1 Å². The van der Waals surface area contributed by atoms with Crippen LogP contribution in [0.25, 0.3) is 11.1 Å². The van der Waals surface area contributed by atoms with Crippen molar-refractivity contribution in [3.8, 4) is 16.9 Å². The first kappa shape index (κ1) is 20.2. The zero-order valence-electron chi connectivity index (χ0n) is 15.4. The van der Waals surface area contributed by atoms with Crippen molar-refractivity contribution in [1.82, 2.24) is 10.3 Å². The number of ketones is 1. The van der Waals surface area contributed by atoms with Gasteiger partial charge >= 0.3 is 5.97 Å². The Morgan fingerprint density at radius 2 is 1.85 bits per heavy atom. The van der Waals surface area contributed by atoms with E-state index in [9.17, 15) is 14.4 Å². The lowest BCUT2D eigenvalue weighted by molar-refractivity contribution is -0.117. The largest absolute Gasteiger partial charge is 0.497 e. The Bertz CT molecular complexity index is 839. The van der Waals surface area contributed by atoms with E-state index in [4.69, 9.17) is 14.6 Å². The Kier molecular flexibility index (Phi) is 6.73. The lowest BCUT2D eigenvalue weighted by Gasteiger charge is -2.09. The molecule has 0 saturated heterocycles. The van der Waals surface area contributed by atoms with E-state index < -0.39 is 17.7 Å². The predicted molar refractivity (Wildman–Crippen MR) is 97.9 cm³/mol. The normalized spacial score (nSPS) is 10.4. The molecule has 8 heteroatoms. The molecule has 1 aromatic heterocycles. The quantitative estimate of drug-likeness (QED) is 0.366. The first-order valence-corrected chi connectivity index (χ1v) is 8.42. The van der Waals surface area contributed by atoms with Gasteiger partial charge in [-0.1, -0.05) is 12.1 Å². The number of aryl methyl sites for hydroxylation is 1. The molecule has 0 spiro atoms. The number of hydrogen-bond donors (Lipinski definition) is 3. The summed E-state index contributed by atoms with van der Waals surface area (Å²) >= 11 is 0. The van der Waals surface area contributed by atoms with Crippen molar-refractivity contribution in [3.63, 3.8) is 0 Å². The summed E-state index contributed by atoms with van der Waals surface area (Å²) in [7, 11) is 1.53. The molecule has 144 valence electrons. The number of hydrogen-bond acceptors (Lipinski definition) is 6. The summed E-state index contributed by atoms with van der Waals surface area (Å²) in [5, 5.41) is 11.1. The molecular formula is C19H22N2O6. The fourth-order valence-electron chi connectivity index (χ4n) is 2.66. The van der Waals surface area contributed by atoms with Gasteiger partial charge in [-0.2, -0.15) is 0 Å². The van der Waals surface area contributed by atoms with Crippen LogP contribution >= 0.6 is 0 Å². The molecule has 0 fully saturated rings.